The van der Waals surface area contributed by atoms with Crippen LogP contribution in [0.3, 0.4) is 0 Å². The Morgan fingerprint density at radius 2 is 2.06 bits per heavy atom. The minimum atomic E-state index is -1.05. The number of aromatic nitrogens is 2. The van der Waals surface area contributed by atoms with E-state index in [1.54, 1.807) is 0 Å². The SMILES string of the molecule is Nc1cc(=O)[nH]c(-c2ccc(F)c(F)c2Br)n1. The van der Waals surface area contributed by atoms with Gasteiger partial charge in [0.2, 0.25) is 0 Å². The molecule has 0 bridgehead atoms. The Morgan fingerprint density at radius 1 is 1.35 bits per heavy atom. The van der Waals surface area contributed by atoms with Crippen LogP contribution >= 0.6 is 15.9 Å². The van der Waals surface area contributed by atoms with Gasteiger partial charge in [0, 0.05) is 11.6 Å². The summed E-state index contributed by atoms with van der Waals surface area (Å²) in [6.07, 6.45) is 0. The summed E-state index contributed by atoms with van der Waals surface area (Å²) in [6, 6.07) is 3.33. The molecule has 0 unspecified atom stereocenters. The predicted octanol–water partition coefficient (Wildman–Crippen LogP) is 2.06. The number of anilines is 1. The number of halogens is 3. The largest absolute Gasteiger partial charge is 0.383 e. The summed E-state index contributed by atoms with van der Waals surface area (Å²) in [5.41, 5.74) is 5.15. The fraction of sp³-hybridized carbons (Fsp3) is 0. The molecule has 4 nitrogen and oxygen atoms in total. The average molecular weight is 302 g/mol. The molecular formula is C10H6BrF2N3O. The number of benzene rings is 1. The lowest BCUT2D eigenvalue weighted by molar-refractivity contribution is 0.504. The van der Waals surface area contributed by atoms with Crippen molar-refractivity contribution in [3.63, 3.8) is 0 Å². The van der Waals surface area contributed by atoms with Crippen molar-refractivity contribution in [1.82, 2.24) is 9.97 Å². The molecular weight excluding hydrogens is 296 g/mol. The summed E-state index contributed by atoms with van der Waals surface area (Å²) in [5.74, 6) is -1.97. The van der Waals surface area contributed by atoms with Crippen LogP contribution in [-0.4, -0.2) is 9.97 Å². The third kappa shape index (κ3) is 2.19. The van der Waals surface area contributed by atoms with Crippen LogP contribution in [0, 0.1) is 11.6 Å². The second-order valence-electron chi connectivity index (χ2n) is 3.24. The molecule has 1 heterocycles. The van der Waals surface area contributed by atoms with E-state index in [0.717, 1.165) is 12.1 Å². The molecule has 2 aromatic rings. The smallest absolute Gasteiger partial charge is 0.253 e. The zero-order chi connectivity index (χ0) is 12.6. The molecule has 0 saturated heterocycles. The molecule has 88 valence electrons. The minimum absolute atomic E-state index is 0.000355. The van der Waals surface area contributed by atoms with Crippen molar-refractivity contribution < 1.29 is 8.78 Å². The van der Waals surface area contributed by atoms with Gasteiger partial charge in [-0.1, -0.05) is 0 Å². The molecule has 0 fully saturated rings. The molecule has 0 saturated carbocycles. The molecule has 0 radical (unpaired) electrons. The Kier molecular flexibility index (Phi) is 2.93. The standard InChI is InChI=1S/C10H6BrF2N3O/c11-8-4(1-2-5(12)9(8)13)10-15-6(14)3-7(17)16-10/h1-3H,(H3,14,15,16,17). The average Bonchev–Trinajstić information content (AvgIpc) is 2.24. The summed E-state index contributed by atoms with van der Waals surface area (Å²) in [4.78, 5) is 17.4. The van der Waals surface area contributed by atoms with Gasteiger partial charge >= 0.3 is 0 Å². The fourth-order valence-electron chi connectivity index (χ4n) is 1.31. The van der Waals surface area contributed by atoms with Gasteiger partial charge in [-0.3, -0.25) is 4.79 Å². The number of nitrogen functional groups attached to an aromatic ring is 1. The normalized spacial score (nSPS) is 10.5. The van der Waals surface area contributed by atoms with Crippen LogP contribution in [0.25, 0.3) is 11.4 Å². The highest BCUT2D eigenvalue weighted by molar-refractivity contribution is 9.10. The minimum Gasteiger partial charge on any atom is -0.383 e. The molecule has 0 spiro atoms. The van der Waals surface area contributed by atoms with E-state index in [2.05, 4.69) is 25.9 Å². The summed E-state index contributed by atoms with van der Waals surface area (Å²) >= 11 is 2.90. The molecule has 2 rings (SSSR count). The van der Waals surface area contributed by atoms with E-state index < -0.39 is 17.2 Å². The molecule has 7 heteroatoms. The van der Waals surface area contributed by atoms with Crippen molar-refractivity contribution in [2.75, 3.05) is 5.73 Å². The Hall–Kier alpha value is -1.76. The third-order valence-electron chi connectivity index (χ3n) is 2.05. The van der Waals surface area contributed by atoms with Crippen LogP contribution in [-0.2, 0) is 0 Å². The predicted molar refractivity (Wildman–Crippen MR) is 62.3 cm³/mol. The maximum atomic E-state index is 13.3. The van der Waals surface area contributed by atoms with Gasteiger partial charge in [-0.25, -0.2) is 13.8 Å². The van der Waals surface area contributed by atoms with Crippen LogP contribution in [0.4, 0.5) is 14.6 Å². The fourth-order valence-corrected chi connectivity index (χ4v) is 1.82. The van der Waals surface area contributed by atoms with Crippen LogP contribution in [0.1, 0.15) is 0 Å². The van der Waals surface area contributed by atoms with Gasteiger partial charge in [0.15, 0.2) is 11.6 Å². The topological polar surface area (TPSA) is 71.8 Å². The number of aromatic amines is 1. The molecule has 17 heavy (non-hydrogen) atoms. The number of nitrogens with two attached hydrogens (primary N) is 1. The number of nitrogens with zero attached hydrogens (tertiary/aromatic N) is 1. The Bertz CT molecular complexity index is 642. The highest BCUT2D eigenvalue weighted by Crippen LogP contribution is 2.29. The van der Waals surface area contributed by atoms with Crippen molar-refractivity contribution in [3.8, 4) is 11.4 Å². The first-order valence-corrected chi connectivity index (χ1v) is 5.29. The van der Waals surface area contributed by atoms with Gasteiger partial charge in [0.1, 0.15) is 11.6 Å². The molecule has 0 aliphatic carbocycles. The van der Waals surface area contributed by atoms with Gasteiger partial charge < -0.3 is 10.7 Å². The molecule has 0 aliphatic rings. The van der Waals surface area contributed by atoms with Gasteiger partial charge in [-0.05, 0) is 28.1 Å². The van der Waals surface area contributed by atoms with Crippen molar-refractivity contribution in [2.45, 2.75) is 0 Å². The number of H-pyrrole nitrogens is 1. The van der Waals surface area contributed by atoms with Crippen molar-refractivity contribution >= 4 is 21.7 Å². The lowest BCUT2D eigenvalue weighted by Crippen LogP contribution is -2.10. The van der Waals surface area contributed by atoms with Crippen LogP contribution in [0.2, 0.25) is 0 Å². The lowest BCUT2D eigenvalue weighted by atomic mass is 10.2. The van der Waals surface area contributed by atoms with E-state index in [-0.39, 0.29) is 21.7 Å². The van der Waals surface area contributed by atoms with E-state index in [0.29, 0.717) is 0 Å². The summed E-state index contributed by atoms with van der Waals surface area (Å²) in [6.45, 7) is 0. The summed E-state index contributed by atoms with van der Waals surface area (Å²) < 4.78 is 26.1. The zero-order valence-corrected chi connectivity index (χ0v) is 9.88. The second kappa shape index (κ2) is 4.25. The monoisotopic (exact) mass is 301 g/mol. The van der Waals surface area contributed by atoms with Crippen LogP contribution in [0.15, 0.2) is 27.5 Å². The highest BCUT2D eigenvalue weighted by atomic mass is 79.9. The van der Waals surface area contributed by atoms with E-state index in [9.17, 15) is 13.6 Å². The maximum Gasteiger partial charge on any atom is 0.253 e. The first-order chi connectivity index (χ1) is 7.99. The first kappa shape index (κ1) is 11.7. The van der Waals surface area contributed by atoms with E-state index in [1.165, 1.54) is 6.07 Å². The van der Waals surface area contributed by atoms with Crippen molar-refractivity contribution in [3.05, 3.63) is 44.7 Å². The third-order valence-corrected chi connectivity index (χ3v) is 2.83. The number of nitrogens with one attached hydrogen (secondary N) is 1. The Morgan fingerprint density at radius 3 is 2.71 bits per heavy atom. The molecule has 3 N–H and O–H groups in total. The van der Waals surface area contributed by atoms with Gasteiger partial charge in [-0.2, -0.15) is 0 Å². The maximum absolute atomic E-state index is 13.3. The van der Waals surface area contributed by atoms with E-state index in [1.807, 2.05) is 0 Å². The second-order valence-corrected chi connectivity index (χ2v) is 4.03. The van der Waals surface area contributed by atoms with E-state index in [4.69, 9.17) is 5.73 Å². The summed E-state index contributed by atoms with van der Waals surface area (Å²) in [7, 11) is 0. The lowest BCUT2D eigenvalue weighted by Gasteiger charge is -2.05. The molecule has 0 atom stereocenters. The number of rotatable bonds is 1. The van der Waals surface area contributed by atoms with Gasteiger partial charge in [0.05, 0.1) is 4.47 Å². The summed E-state index contributed by atoms with van der Waals surface area (Å²) in [5, 5.41) is 0. The first-order valence-electron chi connectivity index (χ1n) is 4.49. The van der Waals surface area contributed by atoms with Crippen LogP contribution in [0.5, 0.6) is 0 Å². The zero-order valence-electron chi connectivity index (χ0n) is 8.30. The highest BCUT2D eigenvalue weighted by Gasteiger charge is 2.14. The van der Waals surface area contributed by atoms with Crippen LogP contribution < -0.4 is 11.3 Å². The number of hydrogen-bond acceptors (Lipinski definition) is 3. The molecule has 0 aliphatic heterocycles. The van der Waals surface area contributed by atoms with E-state index >= 15 is 0 Å². The van der Waals surface area contributed by atoms with Gasteiger partial charge in [-0.15, -0.1) is 0 Å². The quantitative estimate of drug-likeness (QED) is 0.792. The van der Waals surface area contributed by atoms with Gasteiger partial charge in [0.25, 0.3) is 5.56 Å². The van der Waals surface area contributed by atoms with Crippen molar-refractivity contribution in [2.24, 2.45) is 0 Å². The Balaban J connectivity index is 2.69. The Labute approximate surface area is 103 Å². The molecule has 1 aromatic heterocycles. The van der Waals surface area contributed by atoms with Crippen molar-refractivity contribution in [1.29, 1.82) is 0 Å². The molecule has 0 amide bonds. The number of hydrogen-bond donors (Lipinski definition) is 2. The molecule has 1 aromatic carbocycles.